The molecule has 0 spiro atoms. The van der Waals surface area contributed by atoms with E-state index in [0.717, 1.165) is 17.1 Å². The molecule has 1 saturated heterocycles. The quantitative estimate of drug-likeness (QED) is 0.907. The highest BCUT2D eigenvalue weighted by Gasteiger charge is 2.24. The van der Waals surface area contributed by atoms with E-state index in [2.05, 4.69) is 10.3 Å². The van der Waals surface area contributed by atoms with E-state index in [9.17, 15) is 4.79 Å². The van der Waals surface area contributed by atoms with Gasteiger partial charge in [-0.2, -0.15) is 0 Å². The van der Waals surface area contributed by atoms with Crippen LogP contribution in [0.4, 0.5) is 0 Å². The Balaban J connectivity index is 0.00000162. The van der Waals surface area contributed by atoms with Crippen molar-refractivity contribution < 1.29 is 9.53 Å². The number of morpholine rings is 1. The van der Waals surface area contributed by atoms with E-state index in [-0.39, 0.29) is 36.8 Å². The van der Waals surface area contributed by atoms with Crippen molar-refractivity contribution in [2.24, 2.45) is 0 Å². The molecule has 1 aromatic heterocycles. The molecule has 0 bridgehead atoms. The van der Waals surface area contributed by atoms with Crippen LogP contribution in [-0.4, -0.2) is 48.6 Å². The van der Waals surface area contributed by atoms with Crippen molar-refractivity contribution in [3.63, 3.8) is 0 Å². The molecule has 0 radical (unpaired) electrons. The van der Waals surface area contributed by atoms with Crippen LogP contribution >= 0.6 is 36.2 Å². The monoisotopic (exact) mass is 327 g/mol. The Kier molecular flexibility index (Phi) is 8.52. The molecule has 5 nitrogen and oxygen atoms in total. The number of likely N-dealkylation sites (N-methyl/N-ethyl adjacent to an activating group) is 1. The van der Waals surface area contributed by atoms with Gasteiger partial charge in [-0.05, 0) is 6.92 Å². The van der Waals surface area contributed by atoms with Crippen LogP contribution in [0.1, 0.15) is 10.6 Å². The fourth-order valence-electron chi connectivity index (χ4n) is 1.76. The number of carbonyl (C=O) groups is 1. The molecule has 110 valence electrons. The first-order valence-corrected chi connectivity index (χ1v) is 6.51. The molecule has 2 rings (SSSR count). The first-order chi connectivity index (χ1) is 8.18. The van der Waals surface area contributed by atoms with Crippen molar-refractivity contribution in [2.45, 2.75) is 19.5 Å². The number of nitrogens with one attached hydrogen (secondary N) is 1. The molecule has 1 amide bonds. The van der Waals surface area contributed by atoms with Gasteiger partial charge in [-0.1, -0.05) is 0 Å². The second-order valence-corrected chi connectivity index (χ2v) is 5.08. The van der Waals surface area contributed by atoms with Gasteiger partial charge in [0.15, 0.2) is 0 Å². The van der Waals surface area contributed by atoms with Gasteiger partial charge in [-0.25, -0.2) is 4.98 Å². The largest absolute Gasteiger partial charge is 0.378 e. The molecule has 1 aliphatic heterocycles. The Morgan fingerprint density at radius 1 is 1.63 bits per heavy atom. The van der Waals surface area contributed by atoms with Crippen LogP contribution in [0.25, 0.3) is 0 Å². The number of aryl methyl sites for hydroxylation is 1. The molecule has 1 atom stereocenters. The topological polar surface area (TPSA) is 54.5 Å². The molecule has 1 aromatic rings. The highest BCUT2D eigenvalue weighted by molar-refractivity contribution is 7.09. The molecule has 1 N–H and O–H groups in total. The van der Waals surface area contributed by atoms with Crippen LogP contribution in [-0.2, 0) is 16.1 Å². The predicted octanol–water partition coefficient (Wildman–Crippen LogP) is 1.24. The van der Waals surface area contributed by atoms with Crippen molar-refractivity contribution in [1.29, 1.82) is 0 Å². The zero-order chi connectivity index (χ0) is 12.3. The lowest BCUT2D eigenvalue weighted by atomic mass is 10.2. The fraction of sp³-hybridized carbons (Fsp3) is 0.636. The van der Waals surface area contributed by atoms with E-state index in [1.807, 2.05) is 19.5 Å². The third-order valence-electron chi connectivity index (χ3n) is 2.82. The van der Waals surface area contributed by atoms with Crippen molar-refractivity contribution in [3.8, 4) is 0 Å². The molecule has 1 unspecified atom stereocenters. The summed E-state index contributed by atoms with van der Waals surface area (Å²) in [5, 5.41) is 3.17. The number of ether oxygens (including phenoxy) is 1. The van der Waals surface area contributed by atoms with Crippen LogP contribution in [0.15, 0.2) is 5.51 Å². The summed E-state index contributed by atoms with van der Waals surface area (Å²) < 4.78 is 5.29. The molecule has 8 heteroatoms. The molecular weight excluding hydrogens is 309 g/mol. The number of halogens is 2. The summed E-state index contributed by atoms with van der Waals surface area (Å²) in [5.41, 5.74) is 2.81. The van der Waals surface area contributed by atoms with E-state index < -0.39 is 0 Å². The van der Waals surface area contributed by atoms with E-state index >= 15 is 0 Å². The Bertz CT molecular complexity index is 397. The zero-order valence-corrected chi connectivity index (χ0v) is 13.4. The lowest BCUT2D eigenvalue weighted by Gasteiger charge is -2.27. The minimum atomic E-state index is -0.207. The van der Waals surface area contributed by atoms with Gasteiger partial charge in [0.05, 0.1) is 31.0 Å². The summed E-state index contributed by atoms with van der Waals surface area (Å²) in [6.07, 6.45) is 0. The fourth-order valence-corrected chi connectivity index (χ4v) is 2.59. The Morgan fingerprint density at radius 2 is 2.37 bits per heavy atom. The number of nitrogens with zero attached hydrogens (tertiary/aromatic N) is 2. The van der Waals surface area contributed by atoms with Gasteiger partial charge in [0.2, 0.25) is 5.91 Å². The lowest BCUT2D eigenvalue weighted by molar-refractivity contribution is -0.135. The first-order valence-electron chi connectivity index (χ1n) is 5.63. The number of rotatable bonds is 3. The lowest BCUT2D eigenvalue weighted by Crippen LogP contribution is -2.51. The van der Waals surface area contributed by atoms with Gasteiger partial charge in [0, 0.05) is 18.5 Å². The molecule has 0 aromatic carbocycles. The summed E-state index contributed by atoms with van der Waals surface area (Å²) in [4.78, 5) is 19.2. The Labute approximate surface area is 129 Å². The summed E-state index contributed by atoms with van der Waals surface area (Å²) >= 11 is 1.59. The van der Waals surface area contributed by atoms with Gasteiger partial charge in [-0.3, -0.25) is 4.79 Å². The molecular formula is C11H19Cl2N3O2S. The number of aromatic nitrogens is 1. The maximum absolute atomic E-state index is 12.1. The number of amides is 1. The van der Waals surface area contributed by atoms with Crippen LogP contribution < -0.4 is 5.32 Å². The number of thiazole rings is 1. The number of carbonyl (C=O) groups excluding carboxylic acids is 1. The molecule has 2 heterocycles. The minimum absolute atomic E-state index is 0. The van der Waals surface area contributed by atoms with Crippen molar-refractivity contribution in [3.05, 3.63) is 16.1 Å². The highest BCUT2D eigenvalue weighted by Crippen LogP contribution is 2.14. The van der Waals surface area contributed by atoms with Gasteiger partial charge in [0.1, 0.15) is 6.04 Å². The van der Waals surface area contributed by atoms with E-state index in [1.165, 1.54) is 0 Å². The van der Waals surface area contributed by atoms with Crippen LogP contribution in [0, 0.1) is 6.92 Å². The van der Waals surface area contributed by atoms with Gasteiger partial charge < -0.3 is 15.0 Å². The molecule has 0 aliphatic carbocycles. The van der Waals surface area contributed by atoms with Crippen LogP contribution in [0.5, 0.6) is 0 Å². The zero-order valence-electron chi connectivity index (χ0n) is 10.9. The molecule has 1 fully saturated rings. The standard InChI is InChI=1S/C11H17N3O2S.2ClH/c1-8-10(17-7-13-8)5-14(2)11(15)9-6-16-4-3-12-9;;/h7,9,12H,3-6H2,1-2H3;2*1H. The van der Waals surface area contributed by atoms with E-state index in [1.54, 1.807) is 16.2 Å². The molecule has 1 aliphatic rings. The number of hydrogen-bond acceptors (Lipinski definition) is 5. The summed E-state index contributed by atoms with van der Waals surface area (Å²) in [6.45, 7) is 4.47. The van der Waals surface area contributed by atoms with Crippen molar-refractivity contribution in [2.75, 3.05) is 26.8 Å². The van der Waals surface area contributed by atoms with Gasteiger partial charge in [0.25, 0.3) is 0 Å². The van der Waals surface area contributed by atoms with Crippen LogP contribution in [0.2, 0.25) is 0 Å². The molecule has 0 saturated carbocycles. The van der Waals surface area contributed by atoms with Gasteiger partial charge in [-0.15, -0.1) is 36.2 Å². The Hall–Kier alpha value is -0.400. The van der Waals surface area contributed by atoms with Gasteiger partial charge >= 0.3 is 0 Å². The average Bonchev–Trinajstić information content (AvgIpc) is 2.75. The van der Waals surface area contributed by atoms with Crippen LogP contribution in [0.3, 0.4) is 0 Å². The summed E-state index contributed by atoms with van der Waals surface area (Å²) in [7, 11) is 1.82. The second-order valence-electron chi connectivity index (χ2n) is 4.14. The number of hydrogen-bond donors (Lipinski definition) is 1. The second kappa shape index (κ2) is 8.71. The predicted molar refractivity (Wildman–Crippen MR) is 80.4 cm³/mol. The maximum atomic E-state index is 12.1. The maximum Gasteiger partial charge on any atom is 0.242 e. The smallest absolute Gasteiger partial charge is 0.242 e. The summed E-state index contributed by atoms with van der Waals surface area (Å²) in [5.74, 6) is 0.0810. The Morgan fingerprint density at radius 3 is 2.89 bits per heavy atom. The first kappa shape index (κ1) is 18.6. The van der Waals surface area contributed by atoms with Crippen molar-refractivity contribution in [1.82, 2.24) is 15.2 Å². The highest BCUT2D eigenvalue weighted by atomic mass is 35.5. The minimum Gasteiger partial charge on any atom is -0.378 e. The third-order valence-corrected chi connectivity index (χ3v) is 3.74. The normalized spacial score (nSPS) is 18.1. The molecule has 19 heavy (non-hydrogen) atoms. The SMILES string of the molecule is Cc1ncsc1CN(C)C(=O)C1COCCN1.Cl.Cl. The third kappa shape index (κ3) is 4.89. The van der Waals surface area contributed by atoms with E-state index in [4.69, 9.17) is 4.74 Å². The summed E-state index contributed by atoms with van der Waals surface area (Å²) in [6, 6.07) is -0.207. The van der Waals surface area contributed by atoms with Crippen molar-refractivity contribution >= 4 is 42.1 Å². The van der Waals surface area contributed by atoms with E-state index in [0.29, 0.717) is 19.8 Å². The average molecular weight is 328 g/mol.